The summed E-state index contributed by atoms with van der Waals surface area (Å²) in [7, 11) is 0. The predicted molar refractivity (Wildman–Crippen MR) is 122 cm³/mol. The summed E-state index contributed by atoms with van der Waals surface area (Å²) < 4.78 is 0. The second kappa shape index (κ2) is 9.19. The number of hydrogen-bond acceptors (Lipinski definition) is 0. The van der Waals surface area contributed by atoms with Gasteiger partial charge >= 0.3 is 0 Å². The monoisotopic (exact) mass is 360 g/mol. The van der Waals surface area contributed by atoms with Crippen molar-refractivity contribution in [3.63, 3.8) is 0 Å². The van der Waals surface area contributed by atoms with Crippen molar-refractivity contribution in [2.75, 3.05) is 0 Å². The van der Waals surface area contributed by atoms with Crippen LogP contribution in [0.15, 0.2) is 97.1 Å². The van der Waals surface area contributed by atoms with E-state index in [0.29, 0.717) is 0 Å². The lowest BCUT2D eigenvalue weighted by atomic mass is 10.2. The highest BCUT2D eigenvalue weighted by Gasteiger charge is 2.17. The van der Waals surface area contributed by atoms with Crippen LogP contribution in [0.1, 0.15) is 22.3 Å². The van der Waals surface area contributed by atoms with Crippen LogP contribution in [0.2, 0.25) is 0 Å². The van der Waals surface area contributed by atoms with Crippen molar-refractivity contribution < 1.29 is 0 Å². The minimum atomic E-state index is 1.07. The van der Waals surface area contributed by atoms with Crippen molar-refractivity contribution in [3.8, 4) is 22.3 Å². The molecule has 4 aliphatic carbocycles. The smallest absolute Gasteiger partial charge is 0.0143 e. The molecule has 0 fully saturated rings. The second-order valence-corrected chi connectivity index (χ2v) is 6.63. The van der Waals surface area contributed by atoms with E-state index in [-0.39, 0.29) is 0 Å². The maximum absolute atomic E-state index is 3.79. The number of rotatable bonds is 0. The van der Waals surface area contributed by atoms with E-state index in [1.54, 1.807) is 0 Å². The van der Waals surface area contributed by atoms with E-state index in [1.165, 1.54) is 33.4 Å². The molecule has 6 rings (SSSR count). The molecule has 0 aromatic heterocycles. The Morgan fingerprint density at radius 2 is 0.607 bits per heavy atom. The minimum absolute atomic E-state index is 1.07. The predicted octanol–water partition coefficient (Wildman–Crippen LogP) is 7.44. The first-order valence-corrected chi connectivity index (χ1v) is 9.22. The van der Waals surface area contributed by atoms with Gasteiger partial charge in [-0.2, -0.15) is 0 Å². The van der Waals surface area contributed by atoms with Gasteiger partial charge in [-0.1, -0.05) is 97.1 Å². The maximum atomic E-state index is 3.79. The summed E-state index contributed by atoms with van der Waals surface area (Å²) in [5.74, 6) is 0. The Balaban J connectivity index is 0.000000107. The molecule has 0 spiro atoms. The van der Waals surface area contributed by atoms with Gasteiger partial charge in [0, 0.05) is 0 Å². The topological polar surface area (TPSA) is 0 Å². The van der Waals surface area contributed by atoms with Gasteiger partial charge in [-0.05, 0) is 72.2 Å². The molecular weight excluding hydrogens is 336 g/mol. The molecule has 136 valence electrons. The third-order valence-corrected chi connectivity index (χ3v) is 4.49. The highest BCUT2D eigenvalue weighted by molar-refractivity contribution is 5.90. The van der Waals surface area contributed by atoms with Crippen LogP contribution in [0.5, 0.6) is 0 Å². The van der Waals surface area contributed by atoms with E-state index in [0.717, 1.165) is 11.1 Å². The fourth-order valence-corrected chi connectivity index (χ4v) is 2.72. The average Bonchev–Trinajstić information content (AvgIpc) is 3.29. The fraction of sp³-hybridized carbons (Fsp3) is 0. The first-order valence-electron chi connectivity index (χ1n) is 9.22. The Labute approximate surface area is 169 Å². The molecule has 0 amide bonds. The van der Waals surface area contributed by atoms with E-state index in [2.05, 4.69) is 64.1 Å². The third kappa shape index (κ3) is 5.44. The summed E-state index contributed by atoms with van der Waals surface area (Å²) in [5, 5.41) is 0. The van der Waals surface area contributed by atoms with Crippen LogP contribution in [0.3, 0.4) is 0 Å². The molecule has 4 radical (unpaired) electrons. The molecule has 0 atom stereocenters. The Morgan fingerprint density at radius 1 is 0.321 bits per heavy atom. The lowest BCUT2D eigenvalue weighted by Crippen LogP contribution is -1.62. The van der Waals surface area contributed by atoms with E-state index in [4.69, 9.17) is 0 Å². The van der Waals surface area contributed by atoms with Crippen molar-refractivity contribution in [2.45, 2.75) is 0 Å². The zero-order valence-electron chi connectivity index (χ0n) is 16.1. The van der Waals surface area contributed by atoms with Gasteiger partial charge in [0.25, 0.3) is 0 Å². The molecule has 2 aromatic rings. The summed E-state index contributed by atoms with van der Waals surface area (Å²) in [6.45, 7) is 15.0. The van der Waals surface area contributed by atoms with Gasteiger partial charge < -0.3 is 0 Å². The molecule has 0 saturated heterocycles. The summed E-state index contributed by atoms with van der Waals surface area (Å²) in [6, 6.07) is 32.2. The van der Waals surface area contributed by atoms with E-state index in [9.17, 15) is 0 Å². The van der Waals surface area contributed by atoms with Crippen LogP contribution in [0.4, 0.5) is 0 Å². The molecule has 4 aliphatic rings. The van der Waals surface area contributed by atoms with Gasteiger partial charge in [0.2, 0.25) is 0 Å². The first-order chi connectivity index (χ1) is 13.6. The van der Waals surface area contributed by atoms with Crippen LogP contribution in [-0.4, -0.2) is 0 Å². The second-order valence-electron chi connectivity index (χ2n) is 6.63. The van der Waals surface area contributed by atoms with Gasteiger partial charge in [-0.3, -0.25) is 0 Å². The zero-order chi connectivity index (χ0) is 19.9. The molecule has 0 unspecified atom stereocenters. The Bertz CT molecular complexity index is 901. The molecule has 2 aromatic carbocycles. The Morgan fingerprint density at radius 3 is 0.750 bits per heavy atom. The van der Waals surface area contributed by atoms with E-state index in [1.807, 2.05) is 60.7 Å². The van der Waals surface area contributed by atoms with Crippen molar-refractivity contribution in [3.05, 3.63) is 147 Å². The van der Waals surface area contributed by atoms with Gasteiger partial charge in [0.15, 0.2) is 0 Å². The van der Waals surface area contributed by atoms with E-state index < -0.39 is 0 Å². The molecule has 0 heterocycles. The van der Waals surface area contributed by atoms with Gasteiger partial charge in [-0.15, -0.1) is 0 Å². The first kappa shape index (κ1) is 19.6. The summed E-state index contributed by atoms with van der Waals surface area (Å²) in [6.07, 6.45) is 0. The summed E-state index contributed by atoms with van der Waals surface area (Å²) in [4.78, 5) is 0. The molecule has 28 heavy (non-hydrogen) atoms. The molecule has 0 aliphatic heterocycles. The van der Waals surface area contributed by atoms with Crippen molar-refractivity contribution in [2.24, 2.45) is 0 Å². The van der Waals surface area contributed by atoms with Crippen molar-refractivity contribution in [1.29, 1.82) is 0 Å². The third-order valence-electron chi connectivity index (χ3n) is 4.49. The summed E-state index contributed by atoms with van der Waals surface area (Å²) in [5.41, 5.74) is 10.1. The van der Waals surface area contributed by atoms with Gasteiger partial charge in [-0.25, -0.2) is 0 Å². The normalized spacial score (nSPS) is 10.1. The molecule has 0 nitrogen and oxygen atoms in total. The van der Waals surface area contributed by atoms with Crippen molar-refractivity contribution >= 4 is 0 Å². The Kier molecular flexibility index (Phi) is 6.45. The lowest BCUT2D eigenvalue weighted by molar-refractivity contribution is 1.62. The standard InChI is InChI=1S/2C7H5.2C7H7/c2*1-5-6-3-2-4-7(5)6;2*1-7-5-3-2-4-6-7/h2*2-4H,1H2;2*2-6H,1H2. The number of benzene rings is 4. The largest absolute Gasteiger partial charge is 0.0622 e. The number of fused-ring (bicyclic) bond motifs is 2. The molecule has 0 heteroatoms. The van der Waals surface area contributed by atoms with Crippen LogP contribution < -0.4 is 0 Å². The van der Waals surface area contributed by atoms with Crippen LogP contribution in [0.25, 0.3) is 22.3 Å². The lowest BCUT2D eigenvalue weighted by Gasteiger charge is -1.82. The highest BCUT2D eigenvalue weighted by Crippen LogP contribution is 2.41. The quantitative estimate of drug-likeness (QED) is 0.264. The Hall–Kier alpha value is -3.12. The van der Waals surface area contributed by atoms with Crippen LogP contribution >= 0.6 is 0 Å². The van der Waals surface area contributed by atoms with Crippen molar-refractivity contribution in [1.82, 2.24) is 0 Å². The molecular formula is C28H24. The van der Waals surface area contributed by atoms with Crippen LogP contribution in [-0.2, 0) is 0 Å². The van der Waals surface area contributed by atoms with Crippen LogP contribution in [0, 0.1) is 27.7 Å². The maximum Gasteiger partial charge on any atom is -0.0143 e. The zero-order valence-corrected chi connectivity index (χ0v) is 16.1. The highest BCUT2D eigenvalue weighted by atomic mass is 14.2. The SMILES string of the molecule is [CH2]c1c2cccc1-2.[CH2]c1c2cccc1-2.[CH2]c1ccccc1.[CH2]c1ccccc1. The minimum Gasteiger partial charge on any atom is -0.0622 e. The average molecular weight is 361 g/mol. The molecule has 0 bridgehead atoms. The molecule has 0 N–H and O–H groups in total. The van der Waals surface area contributed by atoms with Gasteiger partial charge in [0.1, 0.15) is 0 Å². The molecule has 0 saturated carbocycles. The fourth-order valence-electron chi connectivity index (χ4n) is 2.72. The number of hydrogen-bond donors (Lipinski definition) is 0. The van der Waals surface area contributed by atoms with E-state index >= 15 is 0 Å². The summed E-state index contributed by atoms with van der Waals surface area (Å²) >= 11 is 0. The van der Waals surface area contributed by atoms with Gasteiger partial charge in [0.05, 0.1) is 0 Å².